The van der Waals surface area contributed by atoms with Gasteiger partial charge in [-0.05, 0) is 0 Å². The van der Waals surface area contributed by atoms with E-state index in [0.717, 1.165) is 6.07 Å². The molecular formula is C8H9N5O5. The fraction of sp³-hybridized carbons (Fsp3) is 0.125. The number of carboxylic acid groups (broad SMARTS) is 1. The molecule has 1 aromatic heterocycles. The number of anilines is 3. The number of aldehydes is 1. The summed E-state index contributed by atoms with van der Waals surface area (Å²) in [4.78, 5) is 34.1. The molecule has 10 nitrogen and oxygen atoms in total. The van der Waals surface area contributed by atoms with Crippen LogP contribution in [0.4, 0.5) is 27.8 Å². The Morgan fingerprint density at radius 2 is 2.33 bits per heavy atom. The molecular weight excluding hydrogens is 246 g/mol. The highest BCUT2D eigenvalue weighted by molar-refractivity contribution is 5.85. The van der Waals surface area contributed by atoms with Crippen LogP contribution in [0.2, 0.25) is 0 Å². The quantitative estimate of drug-likeness (QED) is 0.331. The number of aromatic nitrogens is 1. The van der Waals surface area contributed by atoms with E-state index < -0.39 is 22.5 Å². The van der Waals surface area contributed by atoms with Crippen molar-refractivity contribution in [2.24, 2.45) is 0 Å². The summed E-state index contributed by atoms with van der Waals surface area (Å²) in [5.41, 5.74) is 4.74. The fourth-order valence-corrected chi connectivity index (χ4v) is 1.21. The summed E-state index contributed by atoms with van der Waals surface area (Å²) in [5.74, 6) is -0.640. The average molecular weight is 255 g/mol. The molecule has 1 heterocycles. The number of carbonyl (C=O) groups is 2. The minimum absolute atomic E-state index is 0.0941. The van der Waals surface area contributed by atoms with Gasteiger partial charge in [-0.2, -0.15) is 0 Å². The van der Waals surface area contributed by atoms with E-state index in [1.54, 1.807) is 0 Å². The van der Waals surface area contributed by atoms with Crippen molar-refractivity contribution in [1.82, 2.24) is 4.98 Å². The third-order valence-corrected chi connectivity index (χ3v) is 1.81. The number of nitrogens with one attached hydrogen (secondary N) is 2. The molecule has 0 spiro atoms. The van der Waals surface area contributed by atoms with Gasteiger partial charge in [-0.1, -0.05) is 0 Å². The second kappa shape index (κ2) is 5.43. The van der Waals surface area contributed by atoms with Crippen molar-refractivity contribution in [1.29, 1.82) is 0 Å². The van der Waals surface area contributed by atoms with Crippen molar-refractivity contribution in [2.75, 3.05) is 22.9 Å². The van der Waals surface area contributed by atoms with Crippen molar-refractivity contribution >= 4 is 35.4 Å². The van der Waals surface area contributed by atoms with Crippen molar-refractivity contribution < 1.29 is 19.6 Å². The van der Waals surface area contributed by atoms with Crippen molar-refractivity contribution in [3.8, 4) is 0 Å². The third-order valence-electron chi connectivity index (χ3n) is 1.81. The number of nitro groups is 1. The molecule has 0 saturated heterocycles. The standard InChI is InChI=1S/C8H9N5O5/c9-7-6(13(17)18)4(10-1-2-14)3-5(11-7)12-8(15)16/h2-3H,1H2,(H,15,16)(H4,9,10,11,12). The van der Waals surface area contributed by atoms with Crippen LogP contribution in [-0.2, 0) is 4.79 Å². The Hall–Kier alpha value is -2.91. The lowest BCUT2D eigenvalue weighted by Crippen LogP contribution is -2.13. The number of amides is 1. The van der Waals surface area contributed by atoms with Gasteiger partial charge in [-0.25, -0.2) is 9.78 Å². The highest BCUT2D eigenvalue weighted by Gasteiger charge is 2.21. The van der Waals surface area contributed by atoms with E-state index in [-0.39, 0.29) is 18.1 Å². The first-order valence-electron chi connectivity index (χ1n) is 4.58. The summed E-state index contributed by atoms with van der Waals surface area (Å²) in [6, 6.07) is 1.08. The van der Waals surface area contributed by atoms with Crippen molar-refractivity contribution in [3.05, 3.63) is 16.2 Å². The Labute approximate surface area is 100.0 Å². The summed E-state index contributed by atoms with van der Waals surface area (Å²) < 4.78 is 0. The SMILES string of the molecule is Nc1nc(NC(=O)O)cc(NCC=O)c1[N+](=O)[O-]. The maximum atomic E-state index is 10.8. The molecule has 0 unspecified atom stereocenters. The molecule has 1 amide bonds. The molecule has 18 heavy (non-hydrogen) atoms. The lowest BCUT2D eigenvalue weighted by Gasteiger charge is -2.08. The number of hydrogen-bond donors (Lipinski definition) is 4. The van der Waals surface area contributed by atoms with Crippen molar-refractivity contribution in [2.45, 2.75) is 0 Å². The Bertz CT molecular complexity index is 503. The van der Waals surface area contributed by atoms with Crippen LogP contribution in [0.3, 0.4) is 0 Å². The highest BCUT2D eigenvalue weighted by Crippen LogP contribution is 2.31. The largest absolute Gasteiger partial charge is 0.465 e. The van der Waals surface area contributed by atoms with Crippen LogP contribution in [0.25, 0.3) is 0 Å². The van der Waals surface area contributed by atoms with Crippen LogP contribution in [-0.4, -0.2) is 33.9 Å². The first-order chi connectivity index (χ1) is 8.45. The Morgan fingerprint density at radius 3 is 2.83 bits per heavy atom. The zero-order valence-electron chi connectivity index (χ0n) is 8.91. The Kier molecular flexibility index (Phi) is 3.97. The van der Waals surface area contributed by atoms with Crippen LogP contribution in [0, 0.1) is 10.1 Å². The molecule has 96 valence electrons. The number of pyridine rings is 1. The van der Waals surface area contributed by atoms with E-state index in [9.17, 15) is 19.7 Å². The summed E-state index contributed by atoms with van der Waals surface area (Å²) in [5, 5.41) is 23.6. The summed E-state index contributed by atoms with van der Waals surface area (Å²) in [7, 11) is 0. The molecule has 1 rings (SSSR count). The van der Waals surface area contributed by atoms with E-state index in [4.69, 9.17) is 10.8 Å². The topological polar surface area (TPSA) is 160 Å². The second-order valence-electron chi connectivity index (χ2n) is 3.02. The van der Waals surface area contributed by atoms with Gasteiger partial charge in [0.25, 0.3) is 0 Å². The molecule has 0 aliphatic heterocycles. The van der Waals surface area contributed by atoms with Crippen LogP contribution in [0.1, 0.15) is 0 Å². The van der Waals surface area contributed by atoms with Gasteiger partial charge in [-0.15, -0.1) is 0 Å². The predicted molar refractivity (Wildman–Crippen MR) is 61.5 cm³/mol. The number of carbonyl (C=O) groups excluding carboxylic acids is 1. The molecule has 5 N–H and O–H groups in total. The average Bonchev–Trinajstić information content (AvgIpc) is 2.23. The van der Waals surface area contributed by atoms with Crippen LogP contribution < -0.4 is 16.4 Å². The fourth-order valence-electron chi connectivity index (χ4n) is 1.21. The molecule has 0 bridgehead atoms. The normalized spacial score (nSPS) is 9.56. The number of nitrogen functional groups attached to an aromatic ring is 1. The van der Waals surface area contributed by atoms with Crippen LogP contribution in [0.15, 0.2) is 6.07 Å². The predicted octanol–water partition coefficient (Wildman–Crippen LogP) is 0.273. The summed E-state index contributed by atoms with van der Waals surface area (Å²) in [6.45, 7) is -0.184. The number of nitrogens with zero attached hydrogens (tertiary/aromatic N) is 2. The van der Waals surface area contributed by atoms with Gasteiger partial charge in [0, 0.05) is 6.07 Å². The molecule has 0 aliphatic carbocycles. The maximum absolute atomic E-state index is 10.8. The second-order valence-corrected chi connectivity index (χ2v) is 3.02. The lowest BCUT2D eigenvalue weighted by atomic mass is 10.3. The molecule has 0 saturated carbocycles. The minimum atomic E-state index is -1.39. The first-order valence-corrected chi connectivity index (χ1v) is 4.58. The molecule has 0 aliphatic rings. The van der Waals surface area contributed by atoms with Gasteiger partial charge in [0.2, 0.25) is 5.82 Å². The van der Waals surface area contributed by atoms with E-state index in [1.807, 2.05) is 5.32 Å². The monoisotopic (exact) mass is 255 g/mol. The van der Waals surface area contributed by atoms with Gasteiger partial charge in [0.05, 0.1) is 11.5 Å². The van der Waals surface area contributed by atoms with E-state index in [0.29, 0.717) is 6.29 Å². The van der Waals surface area contributed by atoms with Crippen LogP contribution in [0.5, 0.6) is 0 Å². The van der Waals surface area contributed by atoms with E-state index >= 15 is 0 Å². The summed E-state index contributed by atoms with van der Waals surface area (Å²) >= 11 is 0. The first kappa shape index (κ1) is 13.2. The van der Waals surface area contributed by atoms with Crippen molar-refractivity contribution in [3.63, 3.8) is 0 Å². The van der Waals surface area contributed by atoms with Gasteiger partial charge in [0.15, 0.2) is 0 Å². The molecule has 0 fully saturated rings. The van der Waals surface area contributed by atoms with Crippen LogP contribution >= 0.6 is 0 Å². The molecule has 0 aromatic carbocycles. The molecule has 10 heteroatoms. The number of hydrogen-bond acceptors (Lipinski definition) is 7. The van der Waals surface area contributed by atoms with Gasteiger partial charge in [-0.3, -0.25) is 15.4 Å². The highest BCUT2D eigenvalue weighted by atomic mass is 16.6. The number of rotatable bonds is 5. The zero-order valence-corrected chi connectivity index (χ0v) is 8.91. The van der Waals surface area contributed by atoms with E-state index in [2.05, 4.69) is 10.3 Å². The molecule has 0 radical (unpaired) electrons. The third kappa shape index (κ3) is 3.04. The lowest BCUT2D eigenvalue weighted by molar-refractivity contribution is -0.383. The minimum Gasteiger partial charge on any atom is -0.465 e. The van der Waals surface area contributed by atoms with Gasteiger partial charge in [0.1, 0.15) is 17.8 Å². The Balaban J connectivity index is 3.22. The summed E-state index contributed by atoms with van der Waals surface area (Å²) in [6.07, 6.45) is -0.901. The van der Waals surface area contributed by atoms with Gasteiger partial charge < -0.3 is 21.0 Å². The number of nitrogens with two attached hydrogens (primary N) is 1. The zero-order chi connectivity index (χ0) is 13.7. The molecule has 1 aromatic rings. The molecule has 0 atom stereocenters. The van der Waals surface area contributed by atoms with E-state index in [1.165, 1.54) is 0 Å². The Morgan fingerprint density at radius 1 is 1.67 bits per heavy atom. The maximum Gasteiger partial charge on any atom is 0.410 e. The van der Waals surface area contributed by atoms with Gasteiger partial charge >= 0.3 is 11.8 Å². The smallest absolute Gasteiger partial charge is 0.410 e.